The molecule has 0 bridgehead atoms. The minimum absolute atomic E-state index is 0. The molecule has 0 saturated carbocycles. The maximum atomic E-state index is 2.27. The van der Waals surface area contributed by atoms with Crippen molar-refractivity contribution in [2.24, 2.45) is 0 Å². The van der Waals surface area contributed by atoms with Crippen LogP contribution in [0.1, 0.15) is 51.4 Å². The molecule has 2 heteroatoms. The summed E-state index contributed by atoms with van der Waals surface area (Å²) in [5, 5.41) is 0. The molecule has 5 rings (SSSR count). The van der Waals surface area contributed by atoms with E-state index in [9.17, 15) is 0 Å². The van der Waals surface area contributed by atoms with E-state index in [4.69, 9.17) is 0 Å². The molecule has 0 aliphatic heterocycles. The first-order chi connectivity index (χ1) is 16.9. The third-order valence-electron chi connectivity index (χ3n) is 5.77. The Bertz CT molecular complexity index is 891. The van der Waals surface area contributed by atoms with Crippen molar-refractivity contribution in [1.82, 2.24) is 0 Å². The molecule has 2 radical (unpaired) electrons. The second-order valence-electron chi connectivity index (χ2n) is 8.50. The van der Waals surface area contributed by atoms with E-state index >= 15 is 0 Å². The van der Waals surface area contributed by atoms with E-state index in [1.54, 1.807) is 0 Å². The largest absolute Gasteiger partial charge is 0.0882 e. The molecule has 36 heavy (non-hydrogen) atoms. The standard InChI is InChI=1S/C18H14.2C8H12.2Ir/c1-3-7-15(8-4-1)17-11-13-18(14-12-17)16-9-5-2-6-10-16;2*1-2-4-6-8-7-5-3-1;;/h1-14H;2*1-2,7-8H,3-6H2;;. The molecule has 0 amide bonds. The second kappa shape index (κ2) is 21.0. The molecule has 0 atom stereocenters. The summed E-state index contributed by atoms with van der Waals surface area (Å²) in [5.41, 5.74) is 5.04. The van der Waals surface area contributed by atoms with E-state index in [-0.39, 0.29) is 40.2 Å². The maximum absolute atomic E-state index is 2.27. The van der Waals surface area contributed by atoms with Crippen LogP contribution < -0.4 is 0 Å². The van der Waals surface area contributed by atoms with Gasteiger partial charge in [0, 0.05) is 40.2 Å². The first-order valence-corrected chi connectivity index (χ1v) is 12.7. The van der Waals surface area contributed by atoms with Crippen molar-refractivity contribution >= 4 is 0 Å². The van der Waals surface area contributed by atoms with Gasteiger partial charge >= 0.3 is 0 Å². The van der Waals surface area contributed by atoms with Gasteiger partial charge in [-0.05, 0) is 73.6 Å². The van der Waals surface area contributed by atoms with Gasteiger partial charge < -0.3 is 0 Å². The molecule has 0 N–H and O–H groups in total. The number of benzene rings is 3. The van der Waals surface area contributed by atoms with Gasteiger partial charge in [-0.15, -0.1) is 0 Å². The molecule has 0 fully saturated rings. The second-order valence-corrected chi connectivity index (χ2v) is 8.50. The molecule has 0 unspecified atom stereocenters. The maximum Gasteiger partial charge on any atom is 0 e. The smallest absolute Gasteiger partial charge is 0 e. The van der Waals surface area contributed by atoms with E-state index in [1.165, 1.54) is 73.6 Å². The van der Waals surface area contributed by atoms with Gasteiger partial charge in [-0.3, -0.25) is 0 Å². The Labute approximate surface area is 246 Å². The molecule has 0 heterocycles. The Hall–Kier alpha value is -2.08. The Kier molecular flexibility index (Phi) is 18.7. The van der Waals surface area contributed by atoms with Crippen molar-refractivity contribution in [2.45, 2.75) is 51.4 Å². The Morgan fingerprint density at radius 2 is 0.444 bits per heavy atom. The summed E-state index contributed by atoms with van der Waals surface area (Å²) in [4.78, 5) is 0. The zero-order chi connectivity index (χ0) is 23.5. The molecule has 3 aromatic rings. The van der Waals surface area contributed by atoms with E-state index in [2.05, 4.69) is 121 Å². The molecular weight excluding hydrogens is 793 g/mol. The molecule has 0 spiro atoms. The zero-order valence-electron chi connectivity index (χ0n) is 21.0. The molecule has 2 aliphatic carbocycles. The average molecular weight is 831 g/mol. The number of hydrogen-bond acceptors (Lipinski definition) is 0. The van der Waals surface area contributed by atoms with Crippen LogP contribution in [-0.2, 0) is 40.2 Å². The Morgan fingerprint density at radius 1 is 0.250 bits per heavy atom. The predicted molar refractivity (Wildman–Crippen MR) is 151 cm³/mol. The average Bonchev–Trinajstić information content (AvgIpc) is 2.85. The van der Waals surface area contributed by atoms with Crippen LogP contribution in [-0.4, -0.2) is 0 Å². The van der Waals surface area contributed by atoms with Crippen LogP contribution >= 0.6 is 0 Å². The fourth-order valence-corrected chi connectivity index (χ4v) is 3.83. The molecule has 3 aromatic carbocycles. The van der Waals surface area contributed by atoms with Crippen LogP contribution in [0.2, 0.25) is 0 Å². The summed E-state index contributed by atoms with van der Waals surface area (Å²) in [6.45, 7) is 0. The first kappa shape index (κ1) is 31.9. The third-order valence-corrected chi connectivity index (χ3v) is 5.77. The Morgan fingerprint density at radius 3 is 0.667 bits per heavy atom. The molecule has 192 valence electrons. The van der Waals surface area contributed by atoms with E-state index in [0.717, 1.165) is 0 Å². The molecule has 0 aromatic heterocycles. The fraction of sp³-hybridized carbons (Fsp3) is 0.235. The van der Waals surface area contributed by atoms with Gasteiger partial charge in [0.25, 0.3) is 0 Å². The van der Waals surface area contributed by atoms with Crippen LogP contribution in [0, 0.1) is 0 Å². The van der Waals surface area contributed by atoms with Gasteiger partial charge in [0.05, 0.1) is 0 Å². The van der Waals surface area contributed by atoms with Crippen molar-refractivity contribution in [3.8, 4) is 22.3 Å². The summed E-state index contributed by atoms with van der Waals surface area (Å²) >= 11 is 0. The first-order valence-electron chi connectivity index (χ1n) is 12.7. The third kappa shape index (κ3) is 13.3. The van der Waals surface area contributed by atoms with Crippen LogP contribution in [0.25, 0.3) is 22.3 Å². The minimum Gasteiger partial charge on any atom is -0.0882 e. The van der Waals surface area contributed by atoms with Crippen molar-refractivity contribution < 1.29 is 40.2 Å². The van der Waals surface area contributed by atoms with Crippen LogP contribution in [0.3, 0.4) is 0 Å². The van der Waals surface area contributed by atoms with Gasteiger partial charge in [0.2, 0.25) is 0 Å². The summed E-state index contributed by atoms with van der Waals surface area (Å²) in [5.74, 6) is 0. The normalized spacial score (nSPS) is 14.0. The van der Waals surface area contributed by atoms with Crippen molar-refractivity contribution in [3.05, 3.63) is 134 Å². The van der Waals surface area contributed by atoms with Gasteiger partial charge in [-0.2, -0.15) is 0 Å². The van der Waals surface area contributed by atoms with Crippen LogP contribution in [0.15, 0.2) is 134 Å². The van der Waals surface area contributed by atoms with Crippen molar-refractivity contribution in [1.29, 1.82) is 0 Å². The SMILES string of the molecule is C1=CCCC=CCC1.C1=CCCC=CCC1.[Ir].[Ir].c1ccc(-c2ccc(-c3ccccc3)cc2)cc1. The number of rotatable bonds is 2. The monoisotopic (exact) mass is 832 g/mol. The van der Waals surface area contributed by atoms with Crippen molar-refractivity contribution in [3.63, 3.8) is 0 Å². The molecular formula is C34H38Ir2. The van der Waals surface area contributed by atoms with E-state index < -0.39 is 0 Å². The predicted octanol–water partition coefficient (Wildman–Crippen LogP) is 10.4. The van der Waals surface area contributed by atoms with Gasteiger partial charge in [-0.25, -0.2) is 0 Å². The topological polar surface area (TPSA) is 0 Å². The number of hydrogen-bond donors (Lipinski definition) is 0. The van der Waals surface area contributed by atoms with Gasteiger partial charge in [0.1, 0.15) is 0 Å². The van der Waals surface area contributed by atoms with Crippen LogP contribution in [0.4, 0.5) is 0 Å². The quantitative estimate of drug-likeness (QED) is 0.226. The van der Waals surface area contributed by atoms with E-state index in [1.807, 2.05) is 12.1 Å². The minimum atomic E-state index is 0. The van der Waals surface area contributed by atoms with E-state index in [0.29, 0.717) is 0 Å². The van der Waals surface area contributed by atoms with Crippen molar-refractivity contribution in [2.75, 3.05) is 0 Å². The van der Waals surface area contributed by atoms with Gasteiger partial charge in [-0.1, -0.05) is 134 Å². The summed E-state index contributed by atoms with van der Waals surface area (Å²) < 4.78 is 0. The Balaban J connectivity index is 0.000000303. The molecule has 0 nitrogen and oxygen atoms in total. The summed E-state index contributed by atoms with van der Waals surface area (Å²) in [6.07, 6.45) is 28.0. The van der Waals surface area contributed by atoms with Gasteiger partial charge in [0.15, 0.2) is 0 Å². The summed E-state index contributed by atoms with van der Waals surface area (Å²) in [7, 11) is 0. The fourth-order valence-electron chi connectivity index (χ4n) is 3.83. The summed E-state index contributed by atoms with van der Waals surface area (Å²) in [6, 6.07) is 29.6. The molecule has 2 aliphatic rings. The van der Waals surface area contributed by atoms with Crippen LogP contribution in [0.5, 0.6) is 0 Å². The number of allylic oxidation sites excluding steroid dienone is 8. The molecule has 0 saturated heterocycles. The zero-order valence-corrected chi connectivity index (χ0v) is 25.8.